The van der Waals surface area contributed by atoms with Gasteiger partial charge in [-0.3, -0.25) is 14.4 Å². The molecule has 0 rings (SSSR count). The summed E-state index contributed by atoms with van der Waals surface area (Å²) in [6.07, 6.45) is 94.7. The molecule has 0 aromatic carbocycles. The molecule has 1 atom stereocenters. The number of hydrogen-bond acceptors (Lipinski definition) is 6. The minimum atomic E-state index is -0.780. The monoisotopic (exact) mass is 1160 g/mol. The summed E-state index contributed by atoms with van der Waals surface area (Å²) in [5.74, 6) is -0.863. The Labute approximate surface area is 515 Å². The van der Waals surface area contributed by atoms with Crippen LogP contribution in [0.3, 0.4) is 0 Å². The highest BCUT2D eigenvalue weighted by atomic mass is 16.6. The van der Waals surface area contributed by atoms with E-state index in [9.17, 15) is 14.4 Å². The molecule has 0 aliphatic heterocycles. The summed E-state index contributed by atoms with van der Waals surface area (Å²) in [7, 11) is 0. The van der Waals surface area contributed by atoms with E-state index in [-0.39, 0.29) is 31.1 Å². The fraction of sp³-hybridized carbons (Fsp3) is 0.779. The van der Waals surface area contributed by atoms with Gasteiger partial charge in [0.05, 0.1) is 0 Å². The Morgan fingerprint density at radius 1 is 0.253 bits per heavy atom. The van der Waals surface area contributed by atoms with Gasteiger partial charge in [0, 0.05) is 19.3 Å². The highest BCUT2D eigenvalue weighted by Gasteiger charge is 2.19. The maximum atomic E-state index is 13.0. The van der Waals surface area contributed by atoms with Gasteiger partial charge in [-0.05, 0) is 77.0 Å². The summed E-state index contributed by atoms with van der Waals surface area (Å²) in [5, 5.41) is 0. The third-order valence-corrected chi connectivity index (χ3v) is 15.9. The smallest absolute Gasteiger partial charge is 0.306 e. The molecule has 1 unspecified atom stereocenters. The first-order chi connectivity index (χ1) is 41.0. The topological polar surface area (TPSA) is 78.9 Å². The predicted molar refractivity (Wildman–Crippen MR) is 362 cm³/mol. The highest BCUT2D eigenvalue weighted by molar-refractivity contribution is 5.71. The van der Waals surface area contributed by atoms with Gasteiger partial charge in [-0.25, -0.2) is 0 Å². The van der Waals surface area contributed by atoms with E-state index in [0.29, 0.717) is 19.3 Å². The van der Waals surface area contributed by atoms with Gasteiger partial charge < -0.3 is 14.2 Å². The average Bonchev–Trinajstić information content (AvgIpc) is 3.49. The number of carbonyl (C=O) groups is 3. The molecule has 0 fully saturated rings. The summed E-state index contributed by atoms with van der Waals surface area (Å²) >= 11 is 0. The van der Waals surface area contributed by atoms with Gasteiger partial charge in [0.15, 0.2) is 6.10 Å². The maximum Gasteiger partial charge on any atom is 0.306 e. The van der Waals surface area contributed by atoms with E-state index in [1.807, 2.05) is 0 Å². The largest absolute Gasteiger partial charge is 0.462 e. The first-order valence-corrected chi connectivity index (χ1v) is 36.1. The minimum absolute atomic E-state index is 0.0744. The summed E-state index contributed by atoms with van der Waals surface area (Å²) in [5.41, 5.74) is 0. The van der Waals surface area contributed by atoms with Crippen molar-refractivity contribution in [2.24, 2.45) is 0 Å². The molecule has 0 aliphatic rings. The Kier molecular flexibility index (Phi) is 68.2. The molecule has 0 saturated carbocycles. The fourth-order valence-electron chi connectivity index (χ4n) is 10.5. The van der Waals surface area contributed by atoms with Crippen LogP contribution >= 0.6 is 0 Å². The predicted octanol–water partition coefficient (Wildman–Crippen LogP) is 25.0. The van der Waals surface area contributed by atoms with Gasteiger partial charge >= 0.3 is 17.9 Å². The Balaban J connectivity index is 4.29. The van der Waals surface area contributed by atoms with Crippen LogP contribution in [-0.2, 0) is 28.6 Å². The number of esters is 3. The molecule has 0 N–H and O–H groups in total. The van der Waals surface area contributed by atoms with Crippen LogP contribution < -0.4 is 0 Å². The van der Waals surface area contributed by atoms with Crippen LogP contribution in [0.2, 0.25) is 0 Å². The molecule has 0 aromatic rings. The lowest BCUT2D eigenvalue weighted by Crippen LogP contribution is -2.30. The van der Waals surface area contributed by atoms with Crippen molar-refractivity contribution in [1.82, 2.24) is 0 Å². The van der Waals surface area contributed by atoms with Gasteiger partial charge in [0.25, 0.3) is 0 Å². The lowest BCUT2D eigenvalue weighted by atomic mass is 10.0. The number of carbonyl (C=O) groups excluding carboxylic acids is 3. The third kappa shape index (κ3) is 69.3. The fourth-order valence-corrected chi connectivity index (χ4v) is 10.5. The third-order valence-electron chi connectivity index (χ3n) is 15.9. The Bertz CT molecular complexity index is 1570. The molecule has 0 bridgehead atoms. The summed E-state index contributed by atoms with van der Waals surface area (Å²) in [4.78, 5) is 38.5. The lowest BCUT2D eigenvalue weighted by Gasteiger charge is -2.18. The van der Waals surface area contributed by atoms with Gasteiger partial charge in [0.2, 0.25) is 0 Å². The molecule has 83 heavy (non-hydrogen) atoms. The molecule has 0 aromatic heterocycles. The quantitative estimate of drug-likeness (QED) is 0.0261. The molecule has 480 valence electrons. The van der Waals surface area contributed by atoms with E-state index in [1.165, 1.54) is 218 Å². The van der Waals surface area contributed by atoms with Crippen molar-refractivity contribution >= 4 is 17.9 Å². The van der Waals surface area contributed by atoms with Crippen LogP contribution in [0.25, 0.3) is 0 Å². The van der Waals surface area contributed by atoms with Crippen molar-refractivity contribution < 1.29 is 28.6 Å². The van der Waals surface area contributed by atoms with Crippen LogP contribution in [0.5, 0.6) is 0 Å². The van der Waals surface area contributed by atoms with Crippen LogP contribution in [0.4, 0.5) is 0 Å². The molecule has 0 spiro atoms. The first kappa shape index (κ1) is 79.6. The van der Waals surface area contributed by atoms with Gasteiger partial charge in [-0.15, -0.1) is 0 Å². The number of ether oxygens (including phenoxy) is 3. The minimum Gasteiger partial charge on any atom is -0.462 e. The van der Waals surface area contributed by atoms with Crippen molar-refractivity contribution in [1.29, 1.82) is 0 Å². The first-order valence-electron chi connectivity index (χ1n) is 36.1. The van der Waals surface area contributed by atoms with Crippen molar-refractivity contribution in [3.63, 3.8) is 0 Å². The van der Waals surface area contributed by atoms with Gasteiger partial charge in [-0.1, -0.05) is 356 Å². The van der Waals surface area contributed by atoms with E-state index < -0.39 is 6.10 Å². The van der Waals surface area contributed by atoms with Crippen molar-refractivity contribution in [3.8, 4) is 0 Å². The standard InChI is InChI=1S/C77H136O6/c1-4-7-10-13-16-19-22-25-27-29-31-33-35-36-37-38-39-40-42-43-45-47-49-52-55-58-61-64-67-70-76(79)82-73-74(72-81-75(78)69-66-63-60-57-54-51-24-21-18-15-12-9-6-3)83-77(80)71-68-65-62-59-56-53-50-48-46-44-41-34-32-30-28-26-23-20-17-14-11-8-5-2/h7,10,16,19,25,27,31,33,36-37,39-40,43,45,74H,4-6,8-9,11-15,17-18,20-24,26,28-30,32,34-35,38,41-42,44,46-73H2,1-3H3/b10-7-,19-16-,27-25-,33-31-,37-36-,40-39-,45-43-. The molecular formula is C77H136O6. The van der Waals surface area contributed by atoms with Crippen molar-refractivity contribution in [3.05, 3.63) is 85.1 Å². The van der Waals surface area contributed by atoms with E-state index >= 15 is 0 Å². The highest BCUT2D eigenvalue weighted by Crippen LogP contribution is 2.18. The zero-order valence-electron chi connectivity index (χ0n) is 55.2. The molecule has 6 nitrogen and oxygen atoms in total. The molecule has 6 heteroatoms. The summed E-state index contributed by atoms with van der Waals surface area (Å²) < 4.78 is 17.0. The molecule has 0 heterocycles. The van der Waals surface area contributed by atoms with E-state index in [0.717, 1.165) is 109 Å². The van der Waals surface area contributed by atoms with E-state index in [1.54, 1.807) is 0 Å². The van der Waals surface area contributed by atoms with Crippen molar-refractivity contribution in [2.75, 3.05) is 13.2 Å². The second kappa shape index (κ2) is 71.1. The normalized spacial score (nSPS) is 12.6. The Morgan fingerprint density at radius 2 is 0.470 bits per heavy atom. The Hall–Kier alpha value is -3.41. The number of allylic oxidation sites excluding steroid dienone is 14. The van der Waals surface area contributed by atoms with Gasteiger partial charge in [-0.2, -0.15) is 0 Å². The second-order valence-electron chi connectivity index (χ2n) is 24.1. The zero-order chi connectivity index (χ0) is 59.9. The van der Waals surface area contributed by atoms with E-state index in [4.69, 9.17) is 14.2 Å². The molecule has 0 radical (unpaired) electrons. The molecule has 0 amide bonds. The summed E-state index contributed by atoms with van der Waals surface area (Å²) in [6.45, 7) is 6.58. The summed E-state index contributed by atoms with van der Waals surface area (Å²) in [6, 6.07) is 0. The van der Waals surface area contributed by atoms with Crippen LogP contribution in [0.1, 0.15) is 367 Å². The van der Waals surface area contributed by atoms with Crippen LogP contribution in [-0.4, -0.2) is 37.2 Å². The number of unbranched alkanes of at least 4 members (excludes halogenated alkanes) is 41. The number of hydrogen-bond donors (Lipinski definition) is 0. The number of rotatable bonds is 66. The molecule has 0 aliphatic carbocycles. The maximum absolute atomic E-state index is 13.0. The van der Waals surface area contributed by atoms with Gasteiger partial charge in [0.1, 0.15) is 13.2 Å². The molecular weight excluding hydrogens is 1020 g/mol. The van der Waals surface area contributed by atoms with Crippen LogP contribution in [0, 0.1) is 0 Å². The Morgan fingerprint density at radius 3 is 0.735 bits per heavy atom. The molecule has 0 saturated heterocycles. The zero-order valence-corrected chi connectivity index (χ0v) is 55.2. The van der Waals surface area contributed by atoms with Crippen molar-refractivity contribution in [2.45, 2.75) is 374 Å². The van der Waals surface area contributed by atoms with E-state index in [2.05, 4.69) is 106 Å². The van der Waals surface area contributed by atoms with Crippen LogP contribution in [0.15, 0.2) is 85.1 Å². The SMILES string of the molecule is CC/C=C\C/C=C\C/C=C\C/C=C\C/C=C\C/C=C\C/C=C\CCCCCCCCCC(=O)OCC(COC(=O)CCCCCCCCCCCCCCC)OC(=O)CCCCCCCCCCCCCCCCCCCCCCCCC. The second-order valence-corrected chi connectivity index (χ2v) is 24.1. The average molecular weight is 1160 g/mol. The lowest BCUT2D eigenvalue weighted by molar-refractivity contribution is -0.167.